The third-order valence-electron chi connectivity index (χ3n) is 2.48. The molecule has 1 aromatic heterocycles. The SMILES string of the molecule is CCCC(CNc1ccnc(OC)c1)C(=O)O. The Hall–Kier alpha value is -1.78. The quantitative estimate of drug-likeness (QED) is 0.760. The third kappa shape index (κ3) is 4.30. The smallest absolute Gasteiger partial charge is 0.308 e. The molecule has 1 heterocycles. The zero-order valence-electron chi connectivity index (χ0n) is 10.1. The summed E-state index contributed by atoms with van der Waals surface area (Å²) < 4.78 is 4.99. The summed E-state index contributed by atoms with van der Waals surface area (Å²) in [6.07, 6.45) is 3.15. The van der Waals surface area contributed by atoms with Crippen LogP contribution in [0.25, 0.3) is 0 Å². The van der Waals surface area contributed by atoms with E-state index in [0.29, 0.717) is 18.8 Å². The van der Waals surface area contributed by atoms with E-state index in [4.69, 9.17) is 9.84 Å². The van der Waals surface area contributed by atoms with Crippen molar-refractivity contribution in [1.29, 1.82) is 0 Å². The van der Waals surface area contributed by atoms with Gasteiger partial charge in [0.1, 0.15) is 0 Å². The number of aromatic nitrogens is 1. The second-order valence-corrected chi connectivity index (χ2v) is 3.79. The van der Waals surface area contributed by atoms with Gasteiger partial charge in [0.25, 0.3) is 0 Å². The van der Waals surface area contributed by atoms with Gasteiger partial charge < -0.3 is 15.2 Å². The highest BCUT2D eigenvalue weighted by Gasteiger charge is 2.15. The fourth-order valence-corrected chi connectivity index (χ4v) is 1.53. The number of carboxylic acid groups (broad SMARTS) is 1. The Morgan fingerprint density at radius 1 is 1.65 bits per heavy atom. The van der Waals surface area contributed by atoms with E-state index in [0.717, 1.165) is 12.1 Å². The van der Waals surface area contributed by atoms with Crippen LogP contribution in [0.4, 0.5) is 5.69 Å². The fourth-order valence-electron chi connectivity index (χ4n) is 1.53. The maximum Gasteiger partial charge on any atom is 0.308 e. The minimum atomic E-state index is -0.764. The topological polar surface area (TPSA) is 71.5 Å². The van der Waals surface area contributed by atoms with Crippen molar-refractivity contribution in [3.63, 3.8) is 0 Å². The van der Waals surface area contributed by atoms with Gasteiger partial charge in [-0.25, -0.2) is 4.98 Å². The Morgan fingerprint density at radius 3 is 3.00 bits per heavy atom. The van der Waals surface area contributed by atoms with E-state index in [1.165, 1.54) is 0 Å². The molecule has 0 fully saturated rings. The van der Waals surface area contributed by atoms with Crippen molar-refractivity contribution in [3.8, 4) is 5.88 Å². The van der Waals surface area contributed by atoms with Crippen LogP contribution >= 0.6 is 0 Å². The van der Waals surface area contributed by atoms with Gasteiger partial charge in [-0.15, -0.1) is 0 Å². The number of hydrogen-bond acceptors (Lipinski definition) is 4. The molecule has 0 aliphatic heterocycles. The molecule has 5 heteroatoms. The summed E-state index contributed by atoms with van der Waals surface area (Å²) in [7, 11) is 1.54. The van der Waals surface area contributed by atoms with E-state index in [2.05, 4.69) is 10.3 Å². The number of ether oxygens (including phenoxy) is 1. The molecular formula is C12H18N2O3. The summed E-state index contributed by atoms with van der Waals surface area (Å²) >= 11 is 0. The van der Waals surface area contributed by atoms with Gasteiger partial charge in [-0.3, -0.25) is 4.79 Å². The van der Waals surface area contributed by atoms with Gasteiger partial charge in [-0.05, 0) is 12.5 Å². The molecule has 0 aromatic carbocycles. The van der Waals surface area contributed by atoms with Crippen LogP contribution in [0.2, 0.25) is 0 Å². The Bertz CT molecular complexity index is 369. The first kappa shape index (κ1) is 13.3. The van der Waals surface area contributed by atoms with Gasteiger partial charge in [-0.1, -0.05) is 13.3 Å². The summed E-state index contributed by atoms with van der Waals surface area (Å²) in [4.78, 5) is 14.9. The van der Waals surface area contributed by atoms with Gasteiger partial charge in [0.15, 0.2) is 0 Å². The summed E-state index contributed by atoms with van der Waals surface area (Å²) in [6, 6.07) is 3.53. The lowest BCUT2D eigenvalue weighted by atomic mass is 10.0. The number of methoxy groups -OCH3 is 1. The van der Waals surface area contributed by atoms with Crippen LogP contribution in [0.5, 0.6) is 5.88 Å². The molecule has 0 bridgehead atoms. The molecule has 0 spiro atoms. The van der Waals surface area contributed by atoms with E-state index in [1.54, 1.807) is 25.4 Å². The Morgan fingerprint density at radius 2 is 2.41 bits per heavy atom. The molecule has 94 valence electrons. The number of pyridine rings is 1. The highest BCUT2D eigenvalue weighted by Crippen LogP contribution is 2.15. The number of rotatable bonds is 7. The molecular weight excluding hydrogens is 220 g/mol. The third-order valence-corrected chi connectivity index (χ3v) is 2.48. The maximum atomic E-state index is 11.0. The molecule has 0 aliphatic carbocycles. The summed E-state index contributed by atoms with van der Waals surface area (Å²) in [5.41, 5.74) is 0.819. The van der Waals surface area contributed by atoms with Crippen LogP contribution in [0.1, 0.15) is 19.8 Å². The van der Waals surface area contributed by atoms with Crippen LogP contribution < -0.4 is 10.1 Å². The molecule has 2 N–H and O–H groups in total. The first-order valence-electron chi connectivity index (χ1n) is 5.64. The van der Waals surface area contributed by atoms with Gasteiger partial charge in [0.2, 0.25) is 5.88 Å². The molecule has 0 saturated heterocycles. The first-order valence-corrected chi connectivity index (χ1v) is 5.64. The van der Waals surface area contributed by atoms with Crippen molar-refractivity contribution in [1.82, 2.24) is 4.98 Å². The lowest BCUT2D eigenvalue weighted by Crippen LogP contribution is -2.22. The van der Waals surface area contributed by atoms with Crippen LogP contribution in [-0.2, 0) is 4.79 Å². The molecule has 5 nitrogen and oxygen atoms in total. The Labute approximate surface area is 101 Å². The van der Waals surface area contributed by atoms with Crippen molar-refractivity contribution < 1.29 is 14.6 Å². The van der Waals surface area contributed by atoms with Gasteiger partial charge in [-0.2, -0.15) is 0 Å². The zero-order valence-corrected chi connectivity index (χ0v) is 10.1. The number of anilines is 1. The standard InChI is InChI=1S/C12H18N2O3/c1-3-4-9(12(15)16)8-14-10-5-6-13-11(7-10)17-2/h5-7,9H,3-4,8H2,1-2H3,(H,13,14)(H,15,16). The average molecular weight is 238 g/mol. The predicted molar refractivity (Wildman–Crippen MR) is 65.3 cm³/mol. The molecule has 1 unspecified atom stereocenters. The van der Waals surface area contributed by atoms with Crippen LogP contribution in [0.15, 0.2) is 18.3 Å². The largest absolute Gasteiger partial charge is 0.481 e. The number of carbonyl (C=O) groups is 1. The summed E-state index contributed by atoms with van der Waals surface area (Å²) in [6.45, 7) is 2.39. The lowest BCUT2D eigenvalue weighted by molar-refractivity contribution is -0.141. The number of aliphatic carboxylic acids is 1. The van der Waals surface area contributed by atoms with Crippen molar-refractivity contribution in [2.45, 2.75) is 19.8 Å². The highest BCUT2D eigenvalue weighted by molar-refractivity contribution is 5.70. The van der Waals surface area contributed by atoms with Crippen molar-refractivity contribution in [3.05, 3.63) is 18.3 Å². The molecule has 1 aromatic rings. The second-order valence-electron chi connectivity index (χ2n) is 3.79. The van der Waals surface area contributed by atoms with Crippen LogP contribution in [0.3, 0.4) is 0 Å². The van der Waals surface area contributed by atoms with Crippen molar-refractivity contribution >= 4 is 11.7 Å². The van der Waals surface area contributed by atoms with Crippen molar-refractivity contribution in [2.75, 3.05) is 19.0 Å². The predicted octanol–water partition coefficient (Wildman–Crippen LogP) is 2.00. The van der Waals surface area contributed by atoms with Gasteiger partial charge in [0, 0.05) is 24.5 Å². The number of nitrogens with zero attached hydrogens (tertiary/aromatic N) is 1. The second kappa shape index (κ2) is 6.73. The van der Waals surface area contributed by atoms with E-state index in [1.807, 2.05) is 6.92 Å². The van der Waals surface area contributed by atoms with Crippen LogP contribution in [-0.4, -0.2) is 29.7 Å². The van der Waals surface area contributed by atoms with Gasteiger partial charge >= 0.3 is 5.97 Å². The molecule has 0 saturated carbocycles. The van der Waals surface area contributed by atoms with Crippen LogP contribution in [0, 0.1) is 5.92 Å². The zero-order chi connectivity index (χ0) is 12.7. The molecule has 0 amide bonds. The first-order chi connectivity index (χ1) is 8.17. The summed E-state index contributed by atoms with van der Waals surface area (Å²) in [5, 5.41) is 12.1. The maximum absolute atomic E-state index is 11.0. The van der Waals surface area contributed by atoms with E-state index < -0.39 is 5.97 Å². The molecule has 17 heavy (non-hydrogen) atoms. The van der Waals surface area contributed by atoms with E-state index in [-0.39, 0.29) is 5.92 Å². The molecule has 1 rings (SSSR count). The minimum Gasteiger partial charge on any atom is -0.481 e. The fraction of sp³-hybridized carbons (Fsp3) is 0.500. The lowest BCUT2D eigenvalue weighted by Gasteiger charge is -2.13. The number of hydrogen-bond donors (Lipinski definition) is 2. The Kier molecular flexibility index (Phi) is 5.26. The molecule has 0 aliphatic rings. The molecule has 0 radical (unpaired) electrons. The van der Waals surface area contributed by atoms with Gasteiger partial charge in [0.05, 0.1) is 13.0 Å². The minimum absolute atomic E-state index is 0.362. The highest BCUT2D eigenvalue weighted by atomic mass is 16.5. The summed E-state index contributed by atoms with van der Waals surface area (Å²) in [5.74, 6) is -0.614. The van der Waals surface area contributed by atoms with E-state index in [9.17, 15) is 4.79 Å². The van der Waals surface area contributed by atoms with Crippen molar-refractivity contribution in [2.24, 2.45) is 5.92 Å². The number of nitrogens with one attached hydrogen (secondary N) is 1. The Balaban J connectivity index is 2.55. The number of carboxylic acids is 1. The normalized spacial score (nSPS) is 11.9. The average Bonchev–Trinajstić information content (AvgIpc) is 2.34. The monoisotopic (exact) mass is 238 g/mol. The molecule has 1 atom stereocenters. The van der Waals surface area contributed by atoms with E-state index >= 15 is 0 Å².